The van der Waals surface area contributed by atoms with Crippen LogP contribution < -0.4 is 10.6 Å². The van der Waals surface area contributed by atoms with Gasteiger partial charge in [0.15, 0.2) is 0 Å². The maximum absolute atomic E-state index is 12.4. The van der Waals surface area contributed by atoms with Crippen LogP contribution in [-0.2, 0) is 4.79 Å². The van der Waals surface area contributed by atoms with Crippen LogP contribution in [0.5, 0.6) is 0 Å². The second kappa shape index (κ2) is 7.47. The first kappa shape index (κ1) is 16.1. The molecule has 1 unspecified atom stereocenters. The van der Waals surface area contributed by atoms with Gasteiger partial charge < -0.3 is 10.6 Å². The Kier molecular flexibility index (Phi) is 7.10. The van der Waals surface area contributed by atoms with E-state index in [-0.39, 0.29) is 6.04 Å². The van der Waals surface area contributed by atoms with Crippen LogP contribution in [0.15, 0.2) is 0 Å². The summed E-state index contributed by atoms with van der Waals surface area (Å²) in [6.07, 6.45) is -2.06. The molecule has 2 N–H and O–H groups in total. The number of nitrogens with one attached hydrogen (secondary N) is 2. The topological polar surface area (TPSA) is 41.1 Å². The van der Waals surface area contributed by atoms with Crippen LogP contribution in [0, 0.1) is 0 Å². The van der Waals surface area contributed by atoms with Crippen molar-refractivity contribution in [3.63, 3.8) is 0 Å². The smallest absolute Gasteiger partial charge is 0.319 e. The van der Waals surface area contributed by atoms with Crippen molar-refractivity contribution in [2.45, 2.75) is 45.1 Å². The van der Waals surface area contributed by atoms with Gasteiger partial charge in [0, 0.05) is 6.04 Å². The molecule has 1 amide bonds. The van der Waals surface area contributed by atoms with Crippen molar-refractivity contribution >= 4 is 5.91 Å². The molecule has 102 valence electrons. The molecule has 0 saturated heterocycles. The number of hydrogen-bond donors (Lipinski definition) is 2. The van der Waals surface area contributed by atoms with Crippen LogP contribution in [0.4, 0.5) is 17.6 Å². The fourth-order valence-electron chi connectivity index (χ4n) is 1.25. The molecular formula is C10H18F4N2O. The zero-order valence-electron chi connectivity index (χ0n) is 9.90. The number of amides is 1. The first-order chi connectivity index (χ1) is 7.79. The maximum atomic E-state index is 12.4. The molecule has 0 fully saturated rings. The predicted octanol–water partition coefficient (Wildman–Crippen LogP) is 1.78. The molecule has 0 aliphatic heterocycles. The van der Waals surface area contributed by atoms with Crippen molar-refractivity contribution in [1.82, 2.24) is 10.6 Å². The van der Waals surface area contributed by atoms with Crippen molar-refractivity contribution in [2.75, 3.05) is 13.1 Å². The first-order valence-electron chi connectivity index (χ1n) is 5.45. The molecule has 0 aromatic heterocycles. The van der Waals surface area contributed by atoms with Gasteiger partial charge in [-0.15, -0.1) is 0 Å². The zero-order chi connectivity index (χ0) is 13.5. The molecule has 0 aromatic rings. The highest BCUT2D eigenvalue weighted by atomic mass is 19.3. The SMILES string of the molecule is CCCC(C)NC(=O)CNCC(F)(F)C(F)F. The van der Waals surface area contributed by atoms with Gasteiger partial charge in [0.2, 0.25) is 5.91 Å². The lowest BCUT2D eigenvalue weighted by Crippen LogP contribution is -2.44. The maximum Gasteiger partial charge on any atom is 0.319 e. The van der Waals surface area contributed by atoms with Crippen LogP contribution in [0.3, 0.4) is 0 Å². The third-order valence-electron chi connectivity index (χ3n) is 2.09. The summed E-state index contributed by atoms with van der Waals surface area (Å²) < 4.78 is 48.4. The number of carbonyl (C=O) groups is 1. The summed E-state index contributed by atoms with van der Waals surface area (Å²) in [5.41, 5.74) is 0. The van der Waals surface area contributed by atoms with Crippen LogP contribution in [0.2, 0.25) is 0 Å². The lowest BCUT2D eigenvalue weighted by atomic mass is 10.2. The molecule has 0 bridgehead atoms. The lowest BCUT2D eigenvalue weighted by Gasteiger charge is -2.17. The summed E-state index contributed by atoms with van der Waals surface area (Å²) in [6.45, 7) is 2.13. The Labute approximate surface area is 97.9 Å². The van der Waals surface area contributed by atoms with Gasteiger partial charge in [0.05, 0.1) is 13.1 Å². The first-order valence-corrected chi connectivity index (χ1v) is 5.45. The fraction of sp³-hybridized carbons (Fsp3) is 0.900. The molecule has 0 aromatic carbocycles. The van der Waals surface area contributed by atoms with E-state index >= 15 is 0 Å². The highest BCUT2D eigenvalue weighted by molar-refractivity contribution is 5.78. The average Bonchev–Trinajstić information content (AvgIpc) is 2.16. The summed E-state index contributed by atoms with van der Waals surface area (Å²) in [6, 6.07) is -0.0510. The minimum atomic E-state index is -4.10. The summed E-state index contributed by atoms with van der Waals surface area (Å²) in [5, 5.41) is 4.57. The number of alkyl halides is 4. The predicted molar refractivity (Wildman–Crippen MR) is 56.3 cm³/mol. The van der Waals surface area contributed by atoms with Gasteiger partial charge in [-0.3, -0.25) is 4.79 Å². The van der Waals surface area contributed by atoms with Crippen molar-refractivity contribution < 1.29 is 22.4 Å². The van der Waals surface area contributed by atoms with E-state index in [0.717, 1.165) is 12.8 Å². The third kappa shape index (κ3) is 7.14. The molecule has 17 heavy (non-hydrogen) atoms. The monoisotopic (exact) mass is 258 g/mol. The van der Waals surface area contributed by atoms with Crippen LogP contribution in [0.1, 0.15) is 26.7 Å². The number of carbonyl (C=O) groups excluding carboxylic acids is 1. The van der Waals surface area contributed by atoms with E-state index in [1.54, 1.807) is 6.92 Å². The average molecular weight is 258 g/mol. The Hall–Kier alpha value is -0.850. The lowest BCUT2D eigenvalue weighted by molar-refractivity contribution is -0.128. The van der Waals surface area contributed by atoms with E-state index in [2.05, 4.69) is 5.32 Å². The zero-order valence-corrected chi connectivity index (χ0v) is 9.90. The number of halogens is 4. The molecule has 0 radical (unpaired) electrons. The molecule has 0 heterocycles. The largest absolute Gasteiger partial charge is 0.353 e. The molecule has 3 nitrogen and oxygen atoms in total. The van der Waals surface area contributed by atoms with E-state index in [9.17, 15) is 22.4 Å². The van der Waals surface area contributed by atoms with Gasteiger partial charge >= 0.3 is 12.3 Å². The van der Waals surface area contributed by atoms with Gasteiger partial charge in [-0.2, -0.15) is 8.78 Å². The van der Waals surface area contributed by atoms with Crippen molar-refractivity contribution in [2.24, 2.45) is 0 Å². The summed E-state index contributed by atoms with van der Waals surface area (Å²) in [5.74, 6) is -4.58. The second-order valence-electron chi connectivity index (χ2n) is 3.92. The molecule has 0 saturated carbocycles. The van der Waals surface area contributed by atoms with Crippen LogP contribution in [-0.4, -0.2) is 37.4 Å². The van der Waals surface area contributed by atoms with Crippen molar-refractivity contribution in [1.29, 1.82) is 0 Å². The fourth-order valence-corrected chi connectivity index (χ4v) is 1.25. The van der Waals surface area contributed by atoms with Crippen LogP contribution >= 0.6 is 0 Å². The highest BCUT2D eigenvalue weighted by Gasteiger charge is 2.40. The highest BCUT2D eigenvalue weighted by Crippen LogP contribution is 2.21. The molecule has 0 aliphatic carbocycles. The second-order valence-corrected chi connectivity index (χ2v) is 3.92. The Morgan fingerprint density at radius 2 is 1.94 bits per heavy atom. The van der Waals surface area contributed by atoms with E-state index in [1.807, 2.05) is 12.2 Å². The van der Waals surface area contributed by atoms with Gasteiger partial charge in [0.1, 0.15) is 0 Å². The van der Waals surface area contributed by atoms with Gasteiger partial charge in [-0.25, -0.2) is 8.78 Å². The third-order valence-corrected chi connectivity index (χ3v) is 2.09. The molecule has 7 heteroatoms. The van der Waals surface area contributed by atoms with E-state index in [1.165, 1.54) is 0 Å². The summed E-state index contributed by atoms with van der Waals surface area (Å²) >= 11 is 0. The van der Waals surface area contributed by atoms with E-state index < -0.39 is 31.3 Å². The Morgan fingerprint density at radius 1 is 1.35 bits per heavy atom. The summed E-state index contributed by atoms with van der Waals surface area (Å²) in [4.78, 5) is 11.2. The normalized spacial score (nSPS) is 13.8. The van der Waals surface area contributed by atoms with Crippen LogP contribution in [0.25, 0.3) is 0 Å². The van der Waals surface area contributed by atoms with Gasteiger partial charge in [-0.05, 0) is 13.3 Å². The molecule has 0 aliphatic rings. The van der Waals surface area contributed by atoms with Crippen molar-refractivity contribution in [3.8, 4) is 0 Å². The summed E-state index contributed by atoms with van der Waals surface area (Å²) in [7, 11) is 0. The number of hydrogen-bond acceptors (Lipinski definition) is 2. The Bertz CT molecular complexity index is 236. The quantitative estimate of drug-likeness (QED) is 0.652. The van der Waals surface area contributed by atoms with Gasteiger partial charge in [-0.1, -0.05) is 13.3 Å². The van der Waals surface area contributed by atoms with Crippen molar-refractivity contribution in [3.05, 3.63) is 0 Å². The minimum absolute atomic E-state index is 0.0510. The Balaban J connectivity index is 3.79. The van der Waals surface area contributed by atoms with Gasteiger partial charge in [0.25, 0.3) is 0 Å². The molecule has 0 rings (SSSR count). The number of rotatable bonds is 8. The standard InChI is InChI=1S/C10H18F4N2O/c1-3-4-7(2)16-8(17)5-15-6-10(13,14)9(11)12/h7,9,15H,3-6H2,1-2H3,(H,16,17). The minimum Gasteiger partial charge on any atom is -0.353 e. The van der Waals surface area contributed by atoms with E-state index in [4.69, 9.17) is 0 Å². The Morgan fingerprint density at radius 3 is 2.41 bits per heavy atom. The molecular weight excluding hydrogens is 240 g/mol. The molecule has 0 spiro atoms. The van der Waals surface area contributed by atoms with E-state index in [0.29, 0.717) is 0 Å². The molecule has 1 atom stereocenters.